The Hall–Kier alpha value is -1.55. The second-order valence-corrected chi connectivity index (χ2v) is 3.73. The van der Waals surface area contributed by atoms with E-state index in [0.717, 1.165) is 5.01 Å². The third-order valence-corrected chi connectivity index (χ3v) is 2.51. The van der Waals surface area contributed by atoms with Gasteiger partial charge in [-0.15, -0.1) is 11.3 Å². The smallest absolute Gasteiger partial charge is 0.142 e. The molecule has 0 atom stereocenters. The normalized spacial score (nSPS) is 10.0. The Labute approximate surface area is 86.2 Å². The monoisotopic (exact) mass is 206 g/mol. The Kier molecular flexibility index (Phi) is 2.65. The van der Waals surface area contributed by atoms with Crippen molar-refractivity contribution in [3.63, 3.8) is 0 Å². The van der Waals surface area contributed by atoms with Crippen molar-refractivity contribution < 1.29 is 4.74 Å². The molecule has 2 aromatic rings. The van der Waals surface area contributed by atoms with Gasteiger partial charge in [-0.2, -0.15) is 0 Å². The maximum absolute atomic E-state index is 5.72. The molecule has 1 aromatic carbocycles. The maximum Gasteiger partial charge on any atom is 0.142 e. The van der Waals surface area contributed by atoms with E-state index in [-0.39, 0.29) is 0 Å². The summed E-state index contributed by atoms with van der Waals surface area (Å²) in [6, 6.07) is 7.44. The number of ether oxygens (including phenoxy) is 1. The molecular weight excluding hydrogens is 196 g/mol. The number of para-hydroxylation sites is 2. The first kappa shape index (κ1) is 9.02. The van der Waals surface area contributed by atoms with Crippen molar-refractivity contribution in [2.24, 2.45) is 0 Å². The molecule has 2 rings (SSSR count). The second-order valence-electron chi connectivity index (χ2n) is 2.75. The van der Waals surface area contributed by atoms with Gasteiger partial charge in [-0.3, -0.25) is 0 Å². The fraction of sp³-hybridized carbons (Fsp3) is 0.100. The zero-order valence-corrected chi connectivity index (χ0v) is 8.33. The maximum atomic E-state index is 5.72. The zero-order chi connectivity index (χ0) is 9.80. The highest BCUT2D eigenvalue weighted by Crippen LogP contribution is 2.21. The molecule has 0 aliphatic rings. The summed E-state index contributed by atoms with van der Waals surface area (Å²) in [5, 5.41) is 2.88. The van der Waals surface area contributed by atoms with E-state index < -0.39 is 0 Å². The van der Waals surface area contributed by atoms with Crippen molar-refractivity contribution >= 4 is 17.0 Å². The van der Waals surface area contributed by atoms with Crippen molar-refractivity contribution in [1.82, 2.24) is 4.98 Å². The first-order valence-electron chi connectivity index (χ1n) is 4.22. The Balaban J connectivity index is 2.02. The fourth-order valence-corrected chi connectivity index (χ4v) is 1.60. The third kappa shape index (κ3) is 2.03. The predicted octanol–water partition coefficient (Wildman–Crippen LogP) is 2.30. The molecule has 0 unspecified atom stereocenters. The quantitative estimate of drug-likeness (QED) is 0.784. The van der Waals surface area contributed by atoms with Crippen LogP contribution in [0.2, 0.25) is 0 Å². The van der Waals surface area contributed by atoms with E-state index in [1.54, 1.807) is 17.5 Å². The molecule has 4 heteroatoms. The minimum absolute atomic E-state index is 0.478. The zero-order valence-electron chi connectivity index (χ0n) is 7.51. The molecule has 1 heterocycles. The number of thiazole rings is 1. The lowest BCUT2D eigenvalue weighted by Gasteiger charge is -2.05. The Morgan fingerprint density at radius 1 is 1.36 bits per heavy atom. The van der Waals surface area contributed by atoms with Gasteiger partial charge in [0.1, 0.15) is 17.4 Å². The summed E-state index contributed by atoms with van der Waals surface area (Å²) >= 11 is 1.57. The lowest BCUT2D eigenvalue weighted by atomic mass is 10.3. The van der Waals surface area contributed by atoms with Crippen molar-refractivity contribution in [2.45, 2.75) is 6.61 Å². The van der Waals surface area contributed by atoms with Crippen molar-refractivity contribution in [3.05, 3.63) is 40.8 Å². The van der Waals surface area contributed by atoms with Gasteiger partial charge in [0, 0.05) is 11.6 Å². The fourth-order valence-electron chi connectivity index (χ4n) is 1.08. The van der Waals surface area contributed by atoms with Crippen molar-refractivity contribution in [1.29, 1.82) is 0 Å². The van der Waals surface area contributed by atoms with E-state index in [0.29, 0.717) is 18.0 Å². The molecule has 0 radical (unpaired) electrons. The summed E-state index contributed by atoms with van der Waals surface area (Å²) in [6.45, 7) is 0.478. The summed E-state index contributed by atoms with van der Waals surface area (Å²) in [7, 11) is 0. The average Bonchev–Trinajstić information content (AvgIpc) is 2.69. The molecule has 0 saturated heterocycles. The van der Waals surface area contributed by atoms with Crippen LogP contribution in [0.25, 0.3) is 0 Å². The second kappa shape index (κ2) is 4.11. The first-order chi connectivity index (χ1) is 6.86. The van der Waals surface area contributed by atoms with Gasteiger partial charge in [-0.25, -0.2) is 4.98 Å². The van der Waals surface area contributed by atoms with Gasteiger partial charge in [0.25, 0.3) is 0 Å². The van der Waals surface area contributed by atoms with Crippen LogP contribution in [0.5, 0.6) is 5.75 Å². The number of hydrogen-bond donors (Lipinski definition) is 1. The number of anilines is 1. The van der Waals surface area contributed by atoms with Gasteiger partial charge in [-0.1, -0.05) is 12.1 Å². The van der Waals surface area contributed by atoms with E-state index in [1.165, 1.54) is 0 Å². The molecule has 2 N–H and O–H groups in total. The molecule has 72 valence electrons. The lowest BCUT2D eigenvalue weighted by Crippen LogP contribution is -1.97. The molecule has 0 aliphatic heterocycles. The number of hydrogen-bond acceptors (Lipinski definition) is 4. The van der Waals surface area contributed by atoms with E-state index >= 15 is 0 Å². The molecule has 14 heavy (non-hydrogen) atoms. The predicted molar refractivity (Wildman–Crippen MR) is 57.3 cm³/mol. The van der Waals surface area contributed by atoms with E-state index in [9.17, 15) is 0 Å². The Morgan fingerprint density at radius 2 is 2.21 bits per heavy atom. The van der Waals surface area contributed by atoms with Gasteiger partial charge in [0.15, 0.2) is 0 Å². The average molecular weight is 206 g/mol. The van der Waals surface area contributed by atoms with Crippen LogP contribution < -0.4 is 10.5 Å². The summed E-state index contributed by atoms with van der Waals surface area (Å²) in [6.07, 6.45) is 1.76. The van der Waals surface area contributed by atoms with Crippen LogP contribution in [-0.4, -0.2) is 4.98 Å². The van der Waals surface area contributed by atoms with E-state index in [1.807, 2.05) is 29.6 Å². The minimum atomic E-state index is 0.478. The first-order valence-corrected chi connectivity index (χ1v) is 5.10. The molecule has 0 fully saturated rings. The third-order valence-electron chi connectivity index (χ3n) is 1.75. The number of nitrogens with two attached hydrogens (primary N) is 1. The summed E-state index contributed by atoms with van der Waals surface area (Å²) in [5.41, 5.74) is 6.37. The topological polar surface area (TPSA) is 48.1 Å². The Bertz CT molecular complexity index is 400. The minimum Gasteiger partial charge on any atom is -0.484 e. The molecule has 1 aromatic heterocycles. The number of nitrogen functional groups attached to an aromatic ring is 1. The van der Waals surface area contributed by atoms with Gasteiger partial charge in [0.05, 0.1) is 5.69 Å². The number of nitrogens with zero attached hydrogens (tertiary/aromatic N) is 1. The van der Waals surface area contributed by atoms with Crippen molar-refractivity contribution in [2.75, 3.05) is 5.73 Å². The number of benzene rings is 1. The van der Waals surface area contributed by atoms with Crippen LogP contribution in [0, 0.1) is 0 Å². The molecule has 3 nitrogen and oxygen atoms in total. The van der Waals surface area contributed by atoms with Crippen LogP contribution in [0.3, 0.4) is 0 Å². The van der Waals surface area contributed by atoms with Gasteiger partial charge in [-0.05, 0) is 12.1 Å². The van der Waals surface area contributed by atoms with Crippen LogP contribution in [0.1, 0.15) is 5.01 Å². The van der Waals surface area contributed by atoms with Crippen molar-refractivity contribution in [3.8, 4) is 5.75 Å². The number of rotatable bonds is 3. The van der Waals surface area contributed by atoms with Crippen LogP contribution in [0.4, 0.5) is 5.69 Å². The highest BCUT2D eigenvalue weighted by molar-refractivity contribution is 7.09. The molecular formula is C10H10N2OS. The molecule has 0 aliphatic carbocycles. The summed E-state index contributed by atoms with van der Waals surface area (Å²) < 4.78 is 5.50. The van der Waals surface area contributed by atoms with E-state index in [2.05, 4.69) is 4.98 Å². The number of aromatic nitrogens is 1. The molecule has 0 amide bonds. The van der Waals surface area contributed by atoms with Crippen LogP contribution in [-0.2, 0) is 6.61 Å². The summed E-state index contributed by atoms with van der Waals surface area (Å²) in [5.74, 6) is 0.711. The lowest BCUT2D eigenvalue weighted by molar-refractivity contribution is 0.307. The SMILES string of the molecule is Nc1ccccc1OCc1nccs1. The van der Waals surface area contributed by atoms with Crippen LogP contribution >= 0.6 is 11.3 Å². The highest BCUT2D eigenvalue weighted by atomic mass is 32.1. The van der Waals surface area contributed by atoms with Gasteiger partial charge >= 0.3 is 0 Å². The largest absolute Gasteiger partial charge is 0.484 e. The standard InChI is InChI=1S/C10H10N2OS/c11-8-3-1-2-4-9(8)13-7-10-12-5-6-14-10/h1-6H,7,11H2. The molecule has 0 spiro atoms. The van der Waals surface area contributed by atoms with Crippen LogP contribution in [0.15, 0.2) is 35.8 Å². The Morgan fingerprint density at radius 3 is 2.93 bits per heavy atom. The van der Waals surface area contributed by atoms with Gasteiger partial charge in [0.2, 0.25) is 0 Å². The highest BCUT2D eigenvalue weighted by Gasteiger charge is 2.00. The summed E-state index contributed by atoms with van der Waals surface area (Å²) in [4.78, 5) is 4.11. The van der Waals surface area contributed by atoms with E-state index in [4.69, 9.17) is 10.5 Å². The molecule has 0 saturated carbocycles. The van der Waals surface area contributed by atoms with Gasteiger partial charge < -0.3 is 10.5 Å². The molecule has 0 bridgehead atoms.